The first-order chi connectivity index (χ1) is 12.8. The number of nitrogens with zero attached hydrogens (tertiary/aromatic N) is 2. The third kappa shape index (κ3) is 4.08. The van der Waals surface area contributed by atoms with Crippen LogP contribution in [0.1, 0.15) is 0 Å². The maximum Gasteiger partial charge on any atom is 0.420 e. The van der Waals surface area contributed by atoms with E-state index in [1.165, 1.54) is 36.4 Å². The maximum atomic E-state index is 12.1. The number of hydrogen-bond acceptors (Lipinski definition) is 6. The van der Waals surface area contributed by atoms with Crippen LogP contribution in [-0.2, 0) is 11.3 Å². The molecule has 0 bridgehead atoms. The minimum Gasteiger partial charge on any atom is -0.435 e. The molecule has 0 saturated carbocycles. The quantitative estimate of drug-likeness (QED) is 0.520. The Bertz CT molecular complexity index is 1060. The van der Waals surface area contributed by atoms with Gasteiger partial charge in [-0.1, -0.05) is 0 Å². The van der Waals surface area contributed by atoms with Crippen LogP contribution in [0.25, 0.3) is 11.1 Å². The average molecular weight is 379 g/mol. The predicted octanol–water partition coefficient (Wildman–Crippen LogP) is 2.74. The lowest BCUT2D eigenvalue weighted by molar-refractivity contribution is -0.384. The van der Waals surface area contributed by atoms with Crippen LogP contribution in [0.5, 0.6) is 5.75 Å². The lowest BCUT2D eigenvalue weighted by Gasteiger charge is -2.08. The number of hydrogen-bond donors (Lipinski definition) is 1. The highest BCUT2D eigenvalue weighted by Gasteiger charge is 2.16. The van der Waals surface area contributed by atoms with Gasteiger partial charge in [-0.15, -0.1) is 0 Å². The van der Waals surface area contributed by atoms with Crippen molar-refractivity contribution in [3.05, 3.63) is 63.1 Å². The molecule has 0 fully saturated rings. The molecule has 1 amide bonds. The van der Waals surface area contributed by atoms with Gasteiger partial charge in [0, 0.05) is 11.8 Å². The van der Waals surface area contributed by atoms with Gasteiger partial charge in [0.15, 0.2) is 5.58 Å². The van der Waals surface area contributed by atoms with E-state index in [9.17, 15) is 28.5 Å². The van der Waals surface area contributed by atoms with E-state index in [-0.39, 0.29) is 22.5 Å². The molecule has 2 aromatic carbocycles. The highest BCUT2D eigenvalue weighted by molar-refractivity contribution is 5.91. The van der Waals surface area contributed by atoms with Crippen molar-refractivity contribution in [1.82, 2.24) is 4.57 Å². The van der Waals surface area contributed by atoms with Gasteiger partial charge < -0.3 is 14.5 Å². The number of carbonyl (C=O) groups is 1. The Morgan fingerprint density at radius 1 is 1.26 bits per heavy atom. The molecular weight excluding hydrogens is 368 g/mol. The Hall–Kier alpha value is -3.76. The molecule has 0 aliphatic rings. The Morgan fingerprint density at radius 3 is 2.59 bits per heavy atom. The molecule has 1 N–H and O–H groups in total. The van der Waals surface area contributed by atoms with E-state index in [1.807, 2.05) is 0 Å². The third-order valence-electron chi connectivity index (χ3n) is 3.53. The topological polar surface area (TPSA) is 117 Å². The number of oxazole rings is 1. The summed E-state index contributed by atoms with van der Waals surface area (Å²) in [6.07, 6.45) is 0. The van der Waals surface area contributed by atoms with Gasteiger partial charge in [-0.25, -0.2) is 4.79 Å². The molecule has 9 nitrogen and oxygen atoms in total. The zero-order valence-electron chi connectivity index (χ0n) is 13.4. The molecule has 0 aliphatic carbocycles. The summed E-state index contributed by atoms with van der Waals surface area (Å²) in [5.74, 6) is -1.50. The van der Waals surface area contributed by atoms with Gasteiger partial charge in [0.25, 0.3) is 5.69 Å². The summed E-state index contributed by atoms with van der Waals surface area (Å²) in [6, 6.07) is 8.80. The van der Waals surface area contributed by atoms with E-state index in [1.54, 1.807) is 0 Å². The largest absolute Gasteiger partial charge is 0.435 e. The average Bonchev–Trinajstić information content (AvgIpc) is 2.91. The molecular formula is C16H11F2N3O6. The number of non-ortho nitro benzene ring substituents is 1. The van der Waals surface area contributed by atoms with E-state index in [2.05, 4.69) is 10.1 Å². The van der Waals surface area contributed by atoms with Crippen LogP contribution in [0.2, 0.25) is 0 Å². The number of amides is 1. The summed E-state index contributed by atoms with van der Waals surface area (Å²) in [6.45, 7) is -3.36. The standard InChI is InChI=1S/C16H11F2N3O6/c17-15(18)26-11-4-1-9(2-5-11)19-14(22)8-20-12-6-3-10(21(24)25)7-13(12)27-16(20)23/h1-7,15H,8H2,(H,19,22). The van der Waals surface area contributed by atoms with Crippen molar-refractivity contribution in [3.63, 3.8) is 0 Å². The number of nitrogens with one attached hydrogen (secondary N) is 1. The molecule has 27 heavy (non-hydrogen) atoms. The van der Waals surface area contributed by atoms with Crippen LogP contribution in [0, 0.1) is 10.1 Å². The highest BCUT2D eigenvalue weighted by Crippen LogP contribution is 2.21. The number of halogens is 2. The smallest absolute Gasteiger partial charge is 0.420 e. The first-order valence-corrected chi connectivity index (χ1v) is 7.46. The van der Waals surface area contributed by atoms with Crippen molar-refractivity contribution in [2.75, 3.05) is 5.32 Å². The molecule has 0 aliphatic heterocycles. The number of carbonyl (C=O) groups excluding carboxylic acids is 1. The van der Waals surface area contributed by atoms with Crippen molar-refractivity contribution < 1.29 is 27.7 Å². The molecule has 140 valence electrons. The van der Waals surface area contributed by atoms with Crippen LogP contribution in [0.4, 0.5) is 20.2 Å². The lowest BCUT2D eigenvalue weighted by atomic mass is 10.3. The van der Waals surface area contributed by atoms with Crippen LogP contribution in [0.15, 0.2) is 51.7 Å². The molecule has 0 radical (unpaired) electrons. The van der Waals surface area contributed by atoms with Gasteiger partial charge in [-0.05, 0) is 30.3 Å². The Kier molecular flexibility index (Phi) is 4.83. The number of rotatable bonds is 6. The summed E-state index contributed by atoms with van der Waals surface area (Å²) in [7, 11) is 0. The van der Waals surface area contributed by atoms with Crippen molar-refractivity contribution in [3.8, 4) is 5.75 Å². The number of aromatic nitrogens is 1. The van der Waals surface area contributed by atoms with E-state index in [0.29, 0.717) is 5.69 Å². The molecule has 1 aromatic heterocycles. The molecule has 0 saturated heterocycles. The van der Waals surface area contributed by atoms with Crippen LogP contribution >= 0.6 is 0 Å². The Balaban J connectivity index is 1.75. The minimum atomic E-state index is -2.96. The van der Waals surface area contributed by atoms with Crippen LogP contribution < -0.4 is 15.8 Å². The summed E-state index contributed by atoms with van der Waals surface area (Å²) in [5, 5.41) is 13.3. The normalized spacial score (nSPS) is 10.9. The summed E-state index contributed by atoms with van der Waals surface area (Å²) in [5.41, 5.74) is 0.258. The van der Waals surface area contributed by atoms with Crippen LogP contribution in [-0.4, -0.2) is 22.0 Å². The SMILES string of the molecule is O=C(Cn1c(=O)oc2cc([N+](=O)[O-])ccc21)Nc1ccc(OC(F)F)cc1. The molecule has 0 unspecified atom stereocenters. The molecule has 3 aromatic rings. The fraction of sp³-hybridized carbons (Fsp3) is 0.125. The molecule has 1 heterocycles. The van der Waals surface area contributed by atoms with Gasteiger partial charge in [0.2, 0.25) is 5.91 Å². The van der Waals surface area contributed by atoms with Crippen molar-refractivity contribution >= 4 is 28.4 Å². The summed E-state index contributed by atoms with van der Waals surface area (Å²) < 4.78 is 34.4. The van der Waals surface area contributed by atoms with Gasteiger partial charge in [-0.3, -0.25) is 19.5 Å². The second-order valence-corrected chi connectivity index (χ2v) is 5.31. The van der Waals surface area contributed by atoms with Crippen molar-refractivity contribution in [2.24, 2.45) is 0 Å². The lowest BCUT2D eigenvalue weighted by Crippen LogP contribution is -2.24. The number of fused-ring (bicyclic) bond motifs is 1. The van der Waals surface area contributed by atoms with Gasteiger partial charge in [0.1, 0.15) is 12.3 Å². The first kappa shape index (κ1) is 18.0. The second-order valence-electron chi connectivity index (χ2n) is 5.31. The second kappa shape index (κ2) is 7.23. The van der Waals surface area contributed by atoms with Crippen molar-refractivity contribution in [1.29, 1.82) is 0 Å². The third-order valence-corrected chi connectivity index (χ3v) is 3.53. The maximum absolute atomic E-state index is 12.1. The number of nitro groups is 1. The first-order valence-electron chi connectivity index (χ1n) is 7.46. The number of ether oxygens (including phenoxy) is 1. The van der Waals surface area contributed by atoms with Gasteiger partial charge in [-0.2, -0.15) is 8.78 Å². The molecule has 11 heteroatoms. The zero-order chi connectivity index (χ0) is 19.6. The number of alkyl halides is 2. The monoisotopic (exact) mass is 379 g/mol. The van der Waals surface area contributed by atoms with Gasteiger partial charge >= 0.3 is 12.4 Å². The molecule has 3 rings (SSSR count). The molecule has 0 atom stereocenters. The number of nitro benzene ring substituents is 1. The summed E-state index contributed by atoms with van der Waals surface area (Å²) >= 11 is 0. The summed E-state index contributed by atoms with van der Waals surface area (Å²) in [4.78, 5) is 34.2. The van der Waals surface area contributed by atoms with Crippen LogP contribution in [0.3, 0.4) is 0 Å². The zero-order valence-corrected chi connectivity index (χ0v) is 13.4. The Labute approximate surface area is 148 Å². The Morgan fingerprint density at radius 2 is 1.96 bits per heavy atom. The minimum absolute atomic E-state index is 0.0181. The van der Waals surface area contributed by atoms with E-state index in [4.69, 9.17) is 4.42 Å². The fourth-order valence-corrected chi connectivity index (χ4v) is 2.38. The number of benzene rings is 2. The van der Waals surface area contributed by atoms with E-state index in [0.717, 1.165) is 10.6 Å². The van der Waals surface area contributed by atoms with E-state index >= 15 is 0 Å². The number of anilines is 1. The van der Waals surface area contributed by atoms with Crippen molar-refractivity contribution in [2.45, 2.75) is 13.2 Å². The fourth-order valence-electron chi connectivity index (χ4n) is 2.38. The molecule has 0 spiro atoms. The van der Waals surface area contributed by atoms with E-state index < -0.39 is 29.7 Å². The highest BCUT2D eigenvalue weighted by atomic mass is 19.3. The predicted molar refractivity (Wildman–Crippen MR) is 88.8 cm³/mol. The van der Waals surface area contributed by atoms with Gasteiger partial charge in [0.05, 0.1) is 16.5 Å².